The van der Waals surface area contributed by atoms with Crippen molar-refractivity contribution in [2.45, 2.75) is 58.0 Å². The maximum Gasteiger partial charge on any atom is 0.290 e. The summed E-state index contributed by atoms with van der Waals surface area (Å²) in [6.45, 7) is 3.48. The molecule has 25 heavy (non-hydrogen) atoms. The van der Waals surface area contributed by atoms with E-state index in [1.807, 2.05) is 13.0 Å². The zero-order valence-electron chi connectivity index (χ0n) is 14.6. The highest BCUT2D eigenvalue weighted by Gasteiger charge is 2.23. The Labute approximate surface area is 146 Å². The molecule has 0 radical (unpaired) electrons. The number of hydrogen-bond acceptors (Lipinski definition) is 5. The van der Waals surface area contributed by atoms with Crippen molar-refractivity contribution >= 4 is 11.6 Å². The van der Waals surface area contributed by atoms with Crippen molar-refractivity contribution in [3.63, 3.8) is 0 Å². The number of aryl methyl sites for hydroxylation is 1. The fourth-order valence-corrected chi connectivity index (χ4v) is 3.17. The quantitative estimate of drug-likeness (QED) is 0.886. The molecule has 1 atom stereocenters. The first-order chi connectivity index (χ1) is 12.0. The molecule has 3 N–H and O–H groups in total. The first-order valence-electron chi connectivity index (χ1n) is 8.72. The number of aromatic nitrogens is 2. The van der Waals surface area contributed by atoms with Gasteiger partial charge in [-0.05, 0) is 44.9 Å². The SMILES string of the molecule is Cc1ccc(-c2cc(N)c(=O)n([C@H](C)C(=O)NC3CCCCC3)n2)o1. The number of anilines is 1. The molecule has 7 heteroatoms. The van der Waals surface area contributed by atoms with Crippen LogP contribution in [0.25, 0.3) is 11.5 Å². The van der Waals surface area contributed by atoms with E-state index < -0.39 is 11.6 Å². The molecule has 0 bridgehead atoms. The van der Waals surface area contributed by atoms with Gasteiger partial charge >= 0.3 is 0 Å². The van der Waals surface area contributed by atoms with Crippen LogP contribution in [0.2, 0.25) is 0 Å². The Kier molecular flexibility index (Phi) is 4.92. The molecule has 2 heterocycles. The second-order valence-corrected chi connectivity index (χ2v) is 6.66. The van der Waals surface area contributed by atoms with Crippen molar-refractivity contribution in [2.75, 3.05) is 5.73 Å². The molecule has 0 aromatic carbocycles. The molecule has 2 aromatic heterocycles. The van der Waals surface area contributed by atoms with E-state index in [1.54, 1.807) is 13.0 Å². The first-order valence-corrected chi connectivity index (χ1v) is 8.72. The van der Waals surface area contributed by atoms with Gasteiger partial charge in [0.2, 0.25) is 5.91 Å². The molecule has 3 rings (SSSR count). The van der Waals surface area contributed by atoms with E-state index in [0.717, 1.165) is 36.1 Å². The van der Waals surface area contributed by atoms with Gasteiger partial charge in [0.15, 0.2) is 5.76 Å². The minimum absolute atomic E-state index is 0.0383. The van der Waals surface area contributed by atoms with Crippen molar-refractivity contribution in [3.05, 3.63) is 34.3 Å². The Morgan fingerprint density at radius 1 is 1.36 bits per heavy atom. The number of rotatable bonds is 4. The molecular formula is C18H24N4O3. The van der Waals surface area contributed by atoms with E-state index in [1.165, 1.54) is 12.5 Å². The first kappa shape index (κ1) is 17.3. The highest BCUT2D eigenvalue weighted by molar-refractivity contribution is 5.80. The van der Waals surface area contributed by atoms with E-state index in [4.69, 9.17) is 10.2 Å². The smallest absolute Gasteiger partial charge is 0.290 e. The number of nitrogens with two attached hydrogens (primary N) is 1. The zero-order chi connectivity index (χ0) is 18.0. The fraction of sp³-hybridized carbons (Fsp3) is 0.500. The Bertz CT molecular complexity index is 818. The average molecular weight is 344 g/mol. The van der Waals surface area contributed by atoms with Gasteiger partial charge in [0.25, 0.3) is 5.56 Å². The molecule has 1 fully saturated rings. The topological polar surface area (TPSA) is 103 Å². The maximum atomic E-state index is 12.6. The van der Waals surface area contributed by atoms with Crippen LogP contribution in [0, 0.1) is 6.92 Å². The third-order valence-corrected chi connectivity index (χ3v) is 4.65. The number of amides is 1. The molecule has 1 amide bonds. The number of nitrogens with zero attached hydrogens (tertiary/aromatic N) is 2. The third-order valence-electron chi connectivity index (χ3n) is 4.65. The summed E-state index contributed by atoms with van der Waals surface area (Å²) in [4.78, 5) is 24.9. The second kappa shape index (κ2) is 7.13. The van der Waals surface area contributed by atoms with Gasteiger partial charge in [-0.25, -0.2) is 4.68 Å². The molecule has 0 spiro atoms. The lowest BCUT2D eigenvalue weighted by Crippen LogP contribution is -2.43. The molecule has 134 valence electrons. The lowest BCUT2D eigenvalue weighted by Gasteiger charge is -2.24. The van der Waals surface area contributed by atoms with Gasteiger partial charge in [0.05, 0.1) is 0 Å². The van der Waals surface area contributed by atoms with Gasteiger partial charge < -0.3 is 15.5 Å². The maximum absolute atomic E-state index is 12.6. The van der Waals surface area contributed by atoms with Crippen molar-refractivity contribution in [3.8, 4) is 11.5 Å². The van der Waals surface area contributed by atoms with Crippen LogP contribution in [0.4, 0.5) is 5.69 Å². The average Bonchev–Trinajstić information content (AvgIpc) is 3.04. The van der Waals surface area contributed by atoms with Gasteiger partial charge in [0, 0.05) is 6.04 Å². The molecule has 1 aliphatic rings. The summed E-state index contributed by atoms with van der Waals surface area (Å²) in [5, 5.41) is 7.32. The van der Waals surface area contributed by atoms with Gasteiger partial charge in [-0.2, -0.15) is 5.10 Å². The summed E-state index contributed by atoms with van der Waals surface area (Å²) in [5.74, 6) is 1.03. The number of nitrogen functional groups attached to an aromatic ring is 1. The van der Waals surface area contributed by atoms with Crippen LogP contribution in [0.5, 0.6) is 0 Å². The molecule has 0 unspecified atom stereocenters. The summed E-state index contributed by atoms with van der Waals surface area (Å²) in [6, 6.07) is 4.48. The Morgan fingerprint density at radius 2 is 2.08 bits per heavy atom. The van der Waals surface area contributed by atoms with Crippen molar-refractivity contribution in [1.82, 2.24) is 15.1 Å². The molecule has 1 saturated carbocycles. The largest absolute Gasteiger partial charge is 0.460 e. The van der Waals surface area contributed by atoms with Gasteiger partial charge in [0.1, 0.15) is 23.2 Å². The van der Waals surface area contributed by atoms with E-state index in [-0.39, 0.29) is 17.6 Å². The van der Waals surface area contributed by atoms with Gasteiger partial charge in [-0.1, -0.05) is 19.3 Å². The van der Waals surface area contributed by atoms with Crippen LogP contribution >= 0.6 is 0 Å². The molecule has 0 saturated heterocycles. The van der Waals surface area contributed by atoms with E-state index >= 15 is 0 Å². The molecule has 7 nitrogen and oxygen atoms in total. The van der Waals surface area contributed by atoms with Crippen LogP contribution in [0.1, 0.15) is 50.8 Å². The lowest BCUT2D eigenvalue weighted by atomic mass is 9.95. The lowest BCUT2D eigenvalue weighted by molar-refractivity contribution is -0.125. The minimum atomic E-state index is -0.743. The van der Waals surface area contributed by atoms with Gasteiger partial charge in [-0.3, -0.25) is 9.59 Å². The number of carbonyl (C=O) groups is 1. The van der Waals surface area contributed by atoms with Crippen molar-refractivity contribution in [2.24, 2.45) is 0 Å². The number of nitrogens with one attached hydrogen (secondary N) is 1. The fourth-order valence-electron chi connectivity index (χ4n) is 3.17. The van der Waals surface area contributed by atoms with Crippen molar-refractivity contribution < 1.29 is 9.21 Å². The molecule has 2 aromatic rings. The standard InChI is InChI=1S/C18H24N4O3/c1-11-8-9-16(25-11)15-10-14(19)18(24)22(21-15)12(2)17(23)20-13-6-4-3-5-7-13/h8-10,12-13H,3-7,19H2,1-2H3,(H,20,23)/t12-/m1/s1. The summed E-state index contributed by atoms with van der Waals surface area (Å²) in [6.07, 6.45) is 5.42. The van der Waals surface area contributed by atoms with Crippen LogP contribution in [0.15, 0.2) is 27.4 Å². The predicted molar refractivity (Wildman–Crippen MR) is 95.1 cm³/mol. The highest BCUT2D eigenvalue weighted by Crippen LogP contribution is 2.21. The van der Waals surface area contributed by atoms with Crippen LogP contribution in [-0.2, 0) is 4.79 Å². The van der Waals surface area contributed by atoms with E-state index in [9.17, 15) is 9.59 Å². The second-order valence-electron chi connectivity index (χ2n) is 6.66. The predicted octanol–water partition coefficient (Wildman–Crippen LogP) is 2.40. The number of hydrogen-bond donors (Lipinski definition) is 2. The zero-order valence-corrected chi connectivity index (χ0v) is 14.6. The summed E-state index contributed by atoms with van der Waals surface area (Å²) >= 11 is 0. The molecular weight excluding hydrogens is 320 g/mol. The normalized spacial score (nSPS) is 16.6. The summed E-state index contributed by atoms with van der Waals surface area (Å²) in [5.41, 5.74) is 5.84. The number of carbonyl (C=O) groups excluding carboxylic acids is 1. The highest BCUT2D eigenvalue weighted by atomic mass is 16.3. The van der Waals surface area contributed by atoms with Crippen LogP contribution in [0.3, 0.4) is 0 Å². The van der Waals surface area contributed by atoms with Crippen LogP contribution < -0.4 is 16.6 Å². The van der Waals surface area contributed by atoms with Crippen LogP contribution in [-0.4, -0.2) is 21.7 Å². The summed E-state index contributed by atoms with van der Waals surface area (Å²) in [7, 11) is 0. The van der Waals surface area contributed by atoms with E-state index in [2.05, 4.69) is 10.4 Å². The Morgan fingerprint density at radius 3 is 2.72 bits per heavy atom. The molecule has 1 aliphatic carbocycles. The number of furan rings is 1. The monoisotopic (exact) mass is 344 g/mol. The van der Waals surface area contributed by atoms with Crippen molar-refractivity contribution in [1.29, 1.82) is 0 Å². The van der Waals surface area contributed by atoms with Gasteiger partial charge in [-0.15, -0.1) is 0 Å². The molecule has 0 aliphatic heterocycles. The minimum Gasteiger partial charge on any atom is -0.460 e. The Balaban J connectivity index is 1.85. The third kappa shape index (κ3) is 3.75. The van der Waals surface area contributed by atoms with E-state index in [0.29, 0.717) is 11.5 Å². The summed E-state index contributed by atoms with van der Waals surface area (Å²) < 4.78 is 6.69. The Hall–Kier alpha value is -2.57.